The van der Waals surface area contributed by atoms with Crippen LogP contribution < -0.4 is 9.47 Å². The zero-order valence-corrected chi connectivity index (χ0v) is 13.4. The molecule has 0 atom stereocenters. The SMILES string of the molecule is CN(Cc1ccsc1)Cc1nc(-c2ccc3c(c2)OCO3)no1. The maximum absolute atomic E-state index is 5.38. The summed E-state index contributed by atoms with van der Waals surface area (Å²) in [6.07, 6.45) is 0. The van der Waals surface area contributed by atoms with Crippen LogP contribution in [0.15, 0.2) is 39.5 Å². The number of aromatic nitrogens is 2. The Morgan fingerprint density at radius 1 is 1.17 bits per heavy atom. The largest absolute Gasteiger partial charge is 0.454 e. The zero-order chi connectivity index (χ0) is 15.6. The Labute approximate surface area is 137 Å². The average Bonchev–Trinajstić information content (AvgIpc) is 3.27. The minimum absolute atomic E-state index is 0.254. The summed E-state index contributed by atoms with van der Waals surface area (Å²) < 4.78 is 16.0. The number of fused-ring (bicyclic) bond motifs is 1. The van der Waals surface area contributed by atoms with Crippen molar-refractivity contribution < 1.29 is 14.0 Å². The molecule has 23 heavy (non-hydrogen) atoms. The molecule has 7 heteroatoms. The van der Waals surface area contributed by atoms with Crippen LogP contribution >= 0.6 is 11.3 Å². The summed E-state index contributed by atoms with van der Waals surface area (Å²) in [5, 5.41) is 8.27. The average molecular weight is 329 g/mol. The summed E-state index contributed by atoms with van der Waals surface area (Å²) >= 11 is 1.70. The van der Waals surface area contributed by atoms with E-state index in [1.807, 2.05) is 25.2 Å². The van der Waals surface area contributed by atoms with Crippen molar-refractivity contribution in [1.82, 2.24) is 15.0 Å². The van der Waals surface area contributed by atoms with Gasteiger partial charge in [0.2, 0.25) is 18.5 Å². The van der Waals surface area contributed by atoms with Gasteiger partial charge in [-0.25, -0.2) is 0 Å². The molecular weight excluding hydrogens is 314 g/mol. The Kier molecular flexibility index (Phi) is 3.72. The first-order valence-corrected chi connectivity index (χ1v) is 8.14. The van der Waals surface area contributed by atoms with Gasteiger partial charge in [-0.2, -0.15) is 16.3 Å². The Balaban J connectivity index is 1.46. The molecule has 0 N–H and O–H groups in total. The van der Waals surface area contributed by atoms with E-state index in [-0.39, 0.29) is 6.79 Å². The lowest BCUT2D eigenvalue weighted by molar-refractivity contribution is 0.174. The number of hydrogen-bond acceptors (Lipinski definition) is 7. The monoisotopic (exact) mass is 329 g/mol. The Bertz CT molecular complexity index is 801. The maximum Gasteiger partial charge on any atom is 0.241 e. The molecule has 1 aromatic carbocycles. The molecule has 1 aliphatic rings. The first-order chi connectivity index (χ1) is 11.3. The van der Waals surface area contributed by atoms with Gasteiger partial charge in [0.05, 0.1) is 6.54 Å². The van der Waals surface area contributed by atoms with Crippen LogP contribution in [0, 0.1) is 0 Å². The number of ether oxygens (including phenoxy) is 2. The highest BCUT2D eigenvalue weighted by atomic mass is 32.1. The van der Waals surface area contributed by atoms with E-state index < -0.39 is 0 Å². The van der Waals surface area contributed by atoms with Gasteiger partial charge in [0.15, 0.2) is 11.5 Å². The normalized spacial score (nSPS) is 13.0. The molecular formula is C16H15N3O3S. The van der Waals surface area contributed by atoms with Crippen molar-refractivity contribution in [3.05, 3.63) is 46.5 Å². The van der Waals surface area contributed by atoms with E-state index in [0.29, 0.717) is 24.0 Å². The summed E-state index contributed by atoms with van der Waals surface area (Å²) in [6.45, 7) is 1.71. The predicted molar refractivity (Wildman–Crippen MR) is 85.3 cm³/mol. The molecule has 3 aromatic rings. The topological polar surface area (TPSA) is 60.6 Å². The minimum Gasteiger partial charge on any atom is -0.454 e. The molecule has 0 unspecified atom stereocenters. The number of hydrogen-bond donors (Lipinski definition) is 0. The number of benzene rings is 1. The first kappa shape index (κ1) is 14.2. The van der Waals surface area contributed by atoms with Gasteiger partial charge < -0.3 is 14.0 Å². The Hall–Kier alpha value is -2.38. The molecule has 0 saturated heterocycles. The highest BCUT2D eigenvalue weighted by Gasteiger charge is 2.17. The predicted octanol–water partition coefficient (Wildman–Crippen LogP) is 3.16. The quantitative estimate of drug-likeness (QED) is 0.716. The van der Waals surface area contributed by atoms with Crippen molar-refractivity contribution in [3.63, 3.8) is 0 Å². The van der Waals surface area contributed by atoms with Crippen LogP contribution in [-0.4, -0.2) is 28.9 Å². The van der Waals surface area contributed by atoms with Gasteiger partial charge >= 0.3 is 0 Å². The highest BCUT2D eigenvalue weighted by molar-refractivity contribution is 7.07. The molecule has 2 aromatic heterocycles. The summed E-state index contributed by atoms with van der Waals surface area (Å²) in [6, 6.07) is 7.74. The first-order valence-electron chi connectivity index (χ1n) is 7.20. The van der Waals surface area contributed by atoms with Crippen molar-refractivity contribution in [2.75, 3.05) is 13.8 Å². The Morgan fingerprint density at radius 3 is 2.96 bits per heavy atom. The van der Waals surface area contributed by atoms with Crippen LogP contribution in [0.4, 0.5) is 0 Å². The summed E-state index contributed by atoms with van der Waals surface area (Å²) in [7, 11) is 2.03. The molecule has 1 aliphatic heterocycles. The third-order valence-electron chi connectivity index (χ3n) is 3.54. The number of thiophene rings is 1. The van der Waals surface area contributed by atoms with Gasteiger partial charge in [-0.3, -0.25) is 4.90 Å². The summed E-state index contributed by atoms with van der Waals surface area (Å²) in [5.74, 6) is 2.61. The third kappa shape index (κ3) is 3.06. The van der Waals surface area contributed by atoms with Crippen molar-refractivity contribution in [3.8, 4) is 22.9 Å². The van der Waals surface area contributed by atoms with E-state index in [0.717, 1.165) is 17.9 Å². The van der Waals surface area contributed by atoms with Gasteiger partial charge in [0.25, 0.3) is 0 Å². The lowest BCUT2D eigenvalue weighted by atomic mass is 10.2. The second-order valence-electron chi connectivity index (χ2n) is 5.38. The molecule has 118 valence electrons. The lowest BCUT2D eigenvalue weighted by Crippen LogP contribution is -2.16. The second-order valence-corrected chi connectivity index (χ2v) is 6.16. The molecule has 0 amide bonds. The van der Waals surface area contributed by atoms with Gasteiger partial charge in [0.1, 0.15) is 0 Å². The van der Waals surface area contributed by atoms with Crippen LogP contribution in [0.5, 0.6) is 11.5 Å². The number of nitrogens with zero attached hydrogens (tertiary/aromatic N) is 3. The minimum atomic E-state index is 0.254. The van der Waals surface area contributed by atoms with Crippen LogP contribution in [0.25, 0.3) is 11.4 Å². The lowest BCUT2D eigenvalue weighted by Gasteiger charge is -2.12. The molecule has 4 rings (SSSR count). The fraction of sp³-hybridized carbons (Fsp3) is 0.250. The smallest absolute Gasteiger partial charge is 0.241 e. The second kappa shape index (κ2) is 6.02. The van der Waals surface area contributed by atoms with Crippen LogP contribution in [0.1, 0.15) is 11.5 Å². The molecule has 0 saturated carbocycles. The molecule has 0 aliphatic carbocycles. The van der Waals surface area contributed by atoms with Gasteiger partial charge in [-0.05, 0) is 47.6 Å². The van der Waals surface area contributed by atoms with Crippen LogP contribution in [0.2, 0.25) is 0 Å². The standard InChI is InChI=1S/C16H15N3O3S/c1-19(7-11-4-5-23-9-11)8-15-17-16(18-22-15)12-2-3-13-14(6-12)21-10-20-13/h2-6,9H,7-8,10H2,1H3. The maximum atomic E-state index is 5.38. The number of rotatable bonds is 5. The van der Waals surface area contributed by atoms with Crippen molar-refractivity contribution >= 4 is 11.3 Å². The highest BCUT2D eigenvalue weighted by Crippen LogP contribution is 2.35. The van der Waals surface area contributed by atoms with Crippen molar-refractivity contribution in [2.45, 2.75) is 13.1 Å². The molecule has 0 radical (unpaired) electrons. The third-order valence-corrected chi connectivity index (χ3v) is 4.27. The van der Waals surface area contributed by atoms with E-state index in [1.165, 1.54) is 5.56 Å². The van der Waals surface area contributed by atoms with Crippen LogP contribution in [0.3, 0.4) is 0 Å². The molecule has 0 spiro atoms. The van der Waals surface area contributed by atoms with E-state index in [2.05, 4.69) is 31.9 Å². The zero-order valence-electron chi connectivity index (χ0n) is 12.6. The molecule has 0 fully saturated rings. The molecule has 6 nitrogen and oxygen atoms in total. The molecule has 0 bridgehead atoms. The van der Waals surface area contributed by atoms with E-state index >= 15 is 0 Å². The van der Waals surface area contributed by atoms with Gasteiger partial charge in [-0.15, -0.1) is 0 Å². The summed E-state index contributed by atoms with van der Waals surface area (Å²) in [5.41, 5.74) is 2.14. The van der Waals surface area contributed by atoms with E-state index in [9.17, 15) is 0 Å². The molecule has 3 heterocycles. The van der Waals surface area contributed by atoms with Gasteiger partial charge in [0, 0.05) is 12.1 Å². The fourth-order valence-electron chi connectivity index (χ4n) is 2.45. The van der Waals surface area contributed by atoms with Crippen LogP contribution in [-0.2, 0) is 13.1 Å². The summed E-state index contributed by atoms with van der Waals surface area (Å²) in [4.78, 5) is 6.60. The van der Waals surface area contributed by atoms with Gasteiger partial charge in [-0.1, -0.05) is 5.16 Å². The fourth-order valence-corrected chi connectivity index (χ4v) is 3.11. The Morgan fingerprint density at radius 2 is 2.09 bits per heavy atom. The van der Waals surface area contributed by atoms with Crippen molar-refractivity contribution in [2.24, 2.45) is 0 Å². The van der Waals surface area contributed by atoms with E-state index in [4.69, 9.17) is 14.0 Å². The van der Waals surface area contributed by atoms with Crippen molar-refractivity contribution in [1.29, 1.82) is 0 Å². The van der Waals surface area contributed by atoms with E-state index in [1.54, 1.807) is 11.3 Å².